The van der Waals surface area contributed by atoms with Crippen molar-refractivity contribution in [3.63, 3.8) is 0 Å². The van der Waals surface area contributed by atoms with Crippen molar-refractivity contribution in [1.29, 1.82) is 0 Å². The van der Waals surface area contributed by atoms with Crippen LogP contribution in [-0.2, 0) is 10.9 Å². The number of pyridine rings is 2. The lowest BCUT2D eigenvalue weighted by atomic mass is 10.0. The number of alkyl halides is 3. The second-order valence-electron chi connectivity index (χ2n) is 8.78. The van der Waals surface area contributed by atoms with Crippen molar-refractivity contribution in [3.05, 3.63) is 84.2 Å². The molecular formula is C27H24F4N8O. The fourth-order valence-electron chi connectivity index (χ4n) is 4.02. The van der Waals surface area contributed by atoms with Crippen LogP contribution in [0.4, 0.5) is 40.7 Å². The minimum atomic E-state index is -4.56. The summed E-state index contributed by atoms with van der Waals surface area (Å²) in [7, 11) is 1.62. The van der Waals surface area contributed by atoms with Gasteiger partial charge in [-0.3, -0.25) is 9.97 Å². The van der Waals surface area contributed by atoms with Crippen LogP contribution in [-0.4, -0.2) is 59.5 Å². The Hall–Kier alpha value is -4.65. The molecule has 0 bridgehead atoms. The molecule has 4 aromatic rings. The molecular weight excluding hydrogens is 528 g/mol. The van der Waals surface area contributed by atoms with E-state index in [1.54, 1.807) is 42.3 Å². The Balaban J connectivity index is 1.27. The zero-order chi connectivity index (χ0) is 28.1. The fourth-order valence-corrected chi connectivity index (χ4v) is 4.02. The molecule has 3 aromatic heterocycles. The molecule has 206 valence electrons. The maximum Gasteiger partial charge on any atom is 0.417 e. The first kappa shape index (κ1) is 26.9. The molecule has 1 fully saturated rings. The Kier molecular flexibility index (Phi) is 7.82. The summed E-state index contributed by atoms with van der Waals surface area (Å²) >= 11 is 0. The summed E-state index contributed by atoms with van der Waals surface area (Å²) in [6.07, 6.45) is 0.934. The second kappa shape index (κ2) is 11.6. The molecule has 1 aliphatic rings. The number of nitrogens with zero attached hydrogens (tertiary/aromatic N) is 7. The van der Waals surface area contributed by atoms with Crippen molar-refractivity contribution < 1.29 is 22.3 Å². The Morgan fingerprint density at radius 3 is 2.50 bits per heavy atom. The molecule has 0 spiro atoms. The van der Waals surface area contributed by atoms with Crippen LogP contribution in [0.25, 0.3) is 11.3 Å². The number of hydrogen-bond donors (Lipinski definition) is 1. The molecule has 0 atom stereocenters. The van der Waals surface area contributed by atoms with Crippen molar-refractivity contribution >= 4 is 29.4 Å². The third-order valence-corrected chi connectivity index (χ3v) is 6.02. The summed E-state index contributed by atoms with van der Waals surface area (Å²) in [5.74, 6) is -0.140. The molecule has 0 radical (unpaired) electrons. The van der Waals surface area contributed by atoms with Gasteiger partial charge in [-0.1, -0.05) is 12.1 Å². The first-order chi connectivity index (χ1) is 19.3. The molecule has 0 aliphatic carbocycles. The van der Waals surface area contributed by atoms with E-state index in [1.165, 1.54) is 35.7 Å². The lowest BCUT2D eigenvalue weighted by Gasteiger charge is -2.28. The number of rotatable bonds is 7. The summed E-state index contributed by atoms with van der Waals surface area (Å²) in [6, 6.07) is 12.1. The standard InChI is InChI=1S/C27H24F4N8O/c1-38(26-34-17-23(28)25(37-26)39-10-12-40-13-11-39)35-16-19-5-6-20(15-33-19)36-18-7-8-21(22(14-18)27(29,30)31)24-4-2-3-9-32-24/h2-9,14-17,36H,10-13H2,1H3/b35-16+. The van der Waals surface area contributed by atoms with Gasteiger partial charge in [0.1, 0.15) is 0 Å². The van der Waals surface area contributed by atoms with Crippen LogP contribution in [0.1, 0.15) is 11.3 Å². The molecule has 40 heavy (non-hydrogen) atoms. The van der Waals surface area contributed by atoms with E-state index in [2.05, 4.69) is 30.4 Å². The van der Waals surface area contributed by atoms with Crippen LogP contribution >= 0.6 is 0 Å². The number of nitrogens with one attached hydrogen (secondary N) is 1. The van der Waals surface area contributed by atoms with E-state index in [4.69, 9.17) is 4.74 Å². The number of benzene rings is 1. The molecule has 0 unspecified atom stereocenters. The monoisotopic (exact) mass is 552 g/mol. The Morgan fingerprint density at radius 2 is 1.80 bits per heavy atom. The van der Waals surface area contributed by atoms with Crippen LogP contribution in [0.15, 0.2) is 72.2 Å². The van der Waals surface area contributed by atoms with E-state index in [0.29, 0.717) is 37.7 Å². The quantitative estimate of drug-likeness (QED) is 0.192. The van der Waals surface area contributed by atoms with Gasteiger partial charge in [0.15, 0.2) is 11.6 Å². The van der Waals surface area contributed by atoms with E-state index < -0.39 is 17.6 Å². The summed E-state index contributed by atoms with van der Waals surface area (Å²) < 4.78 is 61.0. The van der Waals surface area contributed by atoms with Gasteiger partial charge in [0.05, 0.1) is 54.5 Å². The zero-order valence-corrected chi connectivity index (χ0v) is 21.3. The van der Waals surface area contributed by atoms with Crippen LogP contribution < -0.4 is 15.2 Å². The Labute approximate surface area is 227 Å². The zero-order valence-electron chi connectivity index (χ0n) is 21.3. The number of anilines is 4. The number of ether oxygens (including phenoxy) is 1. The number of halogens is 4. The van der Waals surface area contributed by atoms with Crippen LogP contribution in [0.2, 0.25) is 0 Å². The van der Waals surface area contributed by atoms with Gasteiger partial charge in [-0.2, -0.15) is 23.3 Å². The SMILES string of the molecule is CN(/N=C/c1ccc(Nc2ccc(-c3ccccn3)c(C(F)(F)F)c2)cn1)c1ncc(F)c(N2CCOCC2)n1. The largest absolute Gasteiger partial charge is 0.417 e. The molecule has 1 aromatic carbocycles. The summed E-state index contributed by atoms with van der Waals surface area (Å²) in [4.78, 5) is 18.4. The van der Waals surface area contributed by atoms with E-state index >= 15 is 0 Å². The van der Waals surface area contributed by atoms with Gasteiger partial charge in [0.2, 0.25) is 5.95 Å². The van der Waals surface area contributed by atoms with Crippen LogP contribution in [0.3, 0.4) is 0 Å². The third kappa shape index (κ3) is 6.31. The molecule has 0 amide bonds. The van der Waals surface area contributed by atoms with E-state index in [-0.39, 0.29) is 28.7 Å². The molecule has 1 N–H and O–H groups in total. The molecule has 13 heteroatoms. The normalized spacial score (nSPS) is 14.0. The maximum absolute atomic E-state index is 14.3. The molecule has 0 saturated carbocycles. The number of aromatic nitrogens is 4. The highest BCUT2D eigenvalue weighted by Gasteiger charge is 2.34. The van der Waals surface area contributed by atoms with Crippen molar-refractivity contribution in [2.24, 2.45) is 5.10 Å². The highest BCUT2D eigenvalue weighted by molar-refractivity contribution is 5.78. The van der Waals surface area contributed by atoms with Crippen LogP contribution in [0.5, 0.6) is 0 Å². The van der Waals surface area contributed by atoms with Gasteiger partial charge in [-0.05, 0) is 36.4 Å². The lowest BCUT2D eigenvalue weighted by molar-refractivity contribution is -0.137. The highest BCUT2D eigenvalue weighted by atomic mass is 19.4. The Bertz CT molecular complexity index is 1480. The van der Waals surface area contributed by atoms with E-state index in [9.17, 15) is 17.6 Å². The summed E-state index contributed by atoms with van der Waals surface area (Å²) in [5.41, 5.74) is 0.653. The summed E-state index contributed by atoms with van der Waals surface area (Å²) in [6.45, 7) is 2.03. The van der Waals surface area contributed by atoms with Crippen molar-refractivity contribution in [2.45, 2.75) is 6.18 Å². The fraction of sp³-hybridized carbons (Fsp3) is 0.222. The molecule has 1 aliphatic heterocycles. The smallest absolute Gasteiger partial charge is 0.378 e. The predicted octanol–water partition coefficient (Wildman–Crippen LogP) is 5.14. The maximum atomic E-state index is 14.3. The molecule has 9 nitrogen and oxygen atoms in total. The van der Waals surface area contributed by atoms with Crippen molar-refractivity contribution in [1.82, 2.24) is 19.9 Å². The van der Waals surface area contributed by atoms with Gasteiger partial charge >= 0.3 is 6.18 Å². The molecule has 5 rings (SSSR count). The van der Waals surface area contributed by atoms with Crippen molar-refractivity contribution in [3.8, 4) is 11.3 Å². The number of hydrazone groups is 1. The Morgan fingerprint density at radius 1 is 1.00 bits per heavy atom. The first-order valence-electron chi connectivity index (χ1n) is 12.3. The minimum Gasteiger partial charge on any atom is -0.378 e. The van der Waals surface area contributed by atoms with Gasteiger partial charge < -0.3 is 15.0 Å². The lowest BCUT2D eigenvalue weighted by Crippen LogP contribution is -2.37. The van der Waals surface area contributed by atoms with Gasteiger partial charge in [0.25, 0.3) is 0 Å². The molecule has 4 heterocycles. The van der Waals surface area contributed by atoms with Gasteiger partial charge in [-0.25, -0.2) is 14.4 Å². The number of hydrogen-bond acceptors (Lipinski definition) is 9. The predicted molar refractivity (Wildman–Crippen MR) is 143 cm³/mol. The third-order valence-electron chi connectivity index (χ3n) is 6.02. The van der Waals surface area contributed by atoms with E-state index in [1.807, 2.05) is 0 Å². The minimum absolute atomic E-state index is 0.00495. The average molecular weight is 553 g/mol. The average Bonchev–Trinajstić information content (AvgIpc) is 2.97. The van der Waals surface area contributed by atoms with Gasteiger partial charge in [-0.15, -0.1) is 0 Å². The first-order valence-corrected chi connectivity index (χ1v) is 12.3. The highest BCUT2D eigenvalue weighted by Crippen LogP contribution is 2.38. The number of morpholine rings is 1. The van der Waals surface area contributed by atoms with Crippen molar-refractivity contribution in [2.75, 3.05) is 48.6 Å². The van der Waals surface area contributed by atoms with Crippen LogP contribution in [0, 0.1) is 5.82 Å². The second-order valence-corrected chi connectivity index (χ2v) is 8.78. The van der Waals surface area contributed by atoms with E-state index in [0.717, 1.165) is 12.3 Å². The topological polar surface area (TPSA) is 91.7 Å². The summed E-state index contributed by atoms with van der Waals surface area (Å²) in [5, 5.41) is 8.61. The molecule has 1 saturated heterocycles. The van der Waals surface area contributed by atoms with Gasteiger partial charge in [0, 0.05) is 37.6 Å².